The number of nitroso groups, excluding NO2 is 1. The minimum atomic E-state index is 0.420. The number of nitrogens with zero attached hydrogens (tertiary/aromatic N) is 1. The number of alkyl halides is 1. The highest BCUT2D eigenvalue weighted by atomic mass is 35.5. The molecule has 0 atom stereocenters. The summed E-state index contributed by atoms with van der Waals surface area (Å²) in [7, 11) is 0. The highest BCUT2D eigenvalue weighted by Crippen LogP contribution is 2.14. The fourth-order valence-electron chi connectivity index (χ4n) is 0.696. The first-order valence-electron chi connectivity index (χ1n) is 2.85. The summed E-state index contributed by atoms with van der Waals surface area (Å²) < 4.78 is 0. The summed E-state index contributed by atoms with van der Waals surface area (Å²) >= 11 is 5.51. The second-order valence-electron chi connectivity index (χ2n) is 1.89. The number of hydrogen-bond donors (Lipinski definition) is 0. The maximum Gasteiger partial charge on any atom is 0.108 e. The minimum absolute atomic E-state index is 0.420. The Morgan fingerprint density at radius 3 is 2.90 bits per heavy atom. The van der Waals surface area contributed by atoms with E-state index >= 15 is 0 Å². The molecule has 0 aliphatic carbocycles. The van der Waals surface area contributed by atoms with Crippen molar-refractivity contribution in [3.8, 4) is 0 Å². The van der Waals surface area contributed by atoms with Crippen LogP contribution in [0.5, 0.6) is 0 Å². The van der Waals surface area contributed by atoms with Crippen molar-refractivity contribution >= 4 is 17.3 Å². The zero-order valence-electron chi connectivity index (χ0n) is 5.25. The molecule has 0 aliphatic rings. The van der Waals surface area contributed by atoms with E-state index in [0.29, 0.717) is 11.6 Å². The molecule has 2 nitrogen and oxygen atoms in total. The molecule has 0 saturated heterocycles. The van der Waals surface area contributed by atoms with Crippen molar-refractivity contribution in [2.24, 2.45) is 5.18 Å². The van der Waals surface area contributed by atoms with Crippen molar-refractivity contribution in [2.45, 2.75) is 5.88 Å². The summed E-state index contributed by atoms with van der Waals surface area (Å²) in [6.45, 7) is 0. The van der Waals surface area contributed by atoms with Gasteiger partial charge in [-0.25, -0.2) is 0 Å². The smallest absolute Gasteiger partial charge is 0.108 e. The molecule has 0 amide bonds. The van der Waals surface area contributed by atoms with Crippen LogP contribution in [0.3, 0.4) is 0 Å². The van der Waals surface area contributed by atoms with E-state index in [2.05, 4.69) is 5.18 Å². The lowest BCUT2D eigenvalue weighted by Crippen LogP contribution is -1.73. The van der Waals surface area contributed by atoms with E-state index in [1.807, 2.05) is 6.07 Å². The summed E-state index contributed by atoms with van der Waals surface area (Å²) in [5, 5.41) is 2.77. The van der Waals surface area contributed by atoms with Crippen LogP contribution < -0.4 is 0 Å². The van der Waals surface area contributed by atoms with Gasteiger partial charge in [-0.15, -0.1) is 16.5 Å². The third-order valence-corrected chi connectivity index (χ3v) is 1.48. The molecular weight excluding hydrogens is 150 g/mol. The summed E-state index contributed by atoms with van der Waals surface area (Å²) in [6.07, 6.45) is 0. The molecule has 52 valence electrons. The van der Waals surface area contributed by atoms with E-state index in [1.165, 1.54) is 0 Å². The van der Waals surface area contributed by atoms with Gasteiger partial charge in [0.05, 0.1) is 0 Å². The van der Waals surface area contributed by atoms with Crippen LogP contribution in [-0.4, -0.2) is 0 Å². The summed E-state index contributed by atoms with van der Waals surface area (Å²) in [5.41, 5.74) is 1.34. The second kappa shape index (κ2) is 3.32. The molecule has 1 aromatic carbocycles. The van der Waals surface area contributed by atoms with Gasteiger partial charge < -0.3 is 0 Å². The summed E-state index contributed by atoms with van der Waals surface area (Å²) in [5.74, 6) is 0.420. The van der Waals surface area contributed by atoms with Gasteiger partial charge >= 0.3 is 0 Å². The molecule has 0 bridgehead atoms. The van der Waals surface area contributed by atoms with Crippen LogP contribution in [0, 0.1) is 4.91 Å². The van der Waals surface area contributed by atoms with Gasteiger partial charge in [-0.1, -0.05) is 12.1 Å². The third-order valence-electron chi connectivity index (χ3n) is 1.17. The molecule has 0 aliphatic heterocycles. The van der Waals surface area contributed by atoms with Gasteiger partial charge in [0.2, 0.25) is 0 Å². The minimum Gasteiger partial charge on any atom is -0.145 e. The molecule has 0 N–H and O–H groups in total. The van der Waals surface area contributed by atoms with Crippen LogP contribution in [0.4, 0.5) is 5.69 Å². The Bertz CT molecular complexity index is 237. The second-order valence-corrected chi connectivity index (χ2v) is 2.16. The molecule has 0 heterocycles. The van der Waals surface area contributed by atoms with E-state index < -0.39 is 0 Å². The maximum absolute atomic E-state index is 9.98. The molecule has 1 aromatic rings. The molecule has 0 radical (unpaired) electrons. The first-order valence-corrected chi connectivity index (χ1v) is 3.38. The Hall–Kier alpha value is -0.890. The number of benzene rings is 1. The van der Waals surface area contributed by atoms with Crippen molar-refractivity contribution < 1.29 is 0 Å². The molecule has 0 fully saturated rings. The van der Waals surface area contributed by atoms with E-state index in [4.69, 9.17) is 11.6 Å². The fraction of sp³-hybridized carbons (Fsp3) is 0.143. The fourth-order valence-corrected chi connectivity index (χ4v) is 0.863. The molecular formula is C7H6ClNO. The van der Waals surface area contributed by atoms with Gasteiger partial charge in [-0.2, -0.15) is 0 Å². The summed E-state index contributed by atoms with van der Waals surface area (Å²) in [6, 6.07) is 6.92. The lowest BCUT2D eigenvalue weighted by molar-refractivity contribution is 1.37. The maximum atomic E-state index is 9.98. The van der Waals surface area contributed by atoms with E-state index in [1.54, 1.807) is 18.2 Å². The van der Waals surface area contributed by atoms with Crippen molar-refractivity contribution in [3.05, 3.63) is 34.7 Å². The van der Waals surface area contributed by atoms with Crippen LogP contribution in [0.25, 0.3) is 0 Å². The molecule has 0 spiro atoms. The van der Waals surface area contributed by atoms with Crippen LogP contribution in [0.1, 0.15) is 5.56 Å². The molecule has 1 rings (SSSR count). The third kappa shape index (κ3) is 1.54. The first-order chi connectivity index (χ1) is 4.86. The average molecular weight is 156 g/mol. The molecule has 10 heavy (non-hydrogen) atoms. The van der Waals surface area contributed by atoms with Gasteiger partial charge in [0.25, 0.3) is 0 Å². The van der Waals surface area contributed by atoms with Crippen molar-refractivity contribution in [2.75, 3.05) is 0 Å². The Morgan fingerprint density at radius 2 is 2.30 bits per heavy atom. The SMILES string of the molecule is O=Nc1cccc(CCl)c1. The van der Waals surface area contributed by atoms with Gasteiger partial charge in [-0.3, -0.25) is 0 Å². The zero-order valence-corrected chi connectivity index (χ0v) is 6.01. The average Bonchev–Trinajstić information content (AvgIpc) is 2.05. The van der Waals surface area contributed by atoms with Gasteiger partial charge in [-0.05, 0) is 22.9 Å². The zero-order chi connectivity index (χ0) is 7.40. The predicted molar refractivity (Wildman–Crippen MR) is 41.5 cm³/mol. The normalized spacial score (nSPS) is 9.30. The quantitative estimate of drug-likeness (QED) is 0.477. The Morgan fingerprint density at radius 1 is 1.50 bits per heavy atom. The van der Waals surface area contributed by atoms with Crippen LogP contribution >= 0.6 is 11.6 Å². The van der Waals surface area contributed by atoms with Crippen LogP contribution in [-0.2, 0) is 5.88 Å². The van der Waals surface area contributed by atoms with E-state index in [9.17, 15) is 4.91 Å². The Kier molecular flexibility index (Phi) is 2.40. The van der Waals surface area contributed by atoms with Gasteiger partial charge in [0.1, 0.15) is 5.69 Å². The van der Waals surface area contributed by atoms with Crippen LogP contribution in [0.15, 0.2) is 29.4 Å². The molecule has 3 heteroatoms. The molecule has 0 saturated carbocycles. The Labute approximate surface area is 63.8 Å². The van der Waals surface area contributed by atoms with E-state index in [-0.39, 0.29) is 0 Å². The van der Waals surface area contributed by atoms with Gasteiger partial charge in [0, 0.05) is 5.88 Å². The number of hydrogen-bond acceptors (Lipinski definition) is 2. The monoisotopic (exact) mass is 155 g/mol. The number of halogens is 1. The number of rotatable bonds is 2. The largest absolute Gasteiger partial charge is 0.145 e. The standard InChI is InChI=1S/C7H6ClNO/c8-5-6-2-1-3-7(4-6)9-10/h1-4H,5H2. The molecule has 0 unspecified atom stereocenters. The highest BCUT2D eigenvalue weighted by molar-refractivity contribution is 6.17. The predicted octanol–water partition coefficient (Wildman–Crippen LogP) is 2.82. The van der Waals surface area contributed by atoms with Gasteiger partial charge in [0.15, 0.2) is 0 Å². The van der Waals surface area contributed by atoms with Crippen molar-refractivity contribution in [1.29, 1.82) is 0 Å². The highest BCUT2D eigenvalue weighted by Gasteiger charge is 1.91. The summed E-state index contributed by atoms with van der Waals surface area (Å²) in [4.78, 5) is 9.98. The first kappa shape index (κ1) is 7.22. The molecule has 0 aromatic heterocycles. The van der Waals surface area contributed by atoms with Crippen molar-refractivity contribution in [3.63, 3.8) is 0 Å². The van der Waals surface area contributed by atoms with E-state index in [0.717, 1.165) is 5.56 Å². The van der Waals surface area contributed by atoms with Crippen molar-refractivity contribution in [1.82, 2.24) is 0 Å². The van der Waals surface area contributed by atoms with Crippen LogP contribution in [0.2, 0.25) is 0 Å². The lowest BCUT2D eigenvalue weighted by Gasteiger charge is -1.92. The Balaban J connectivity index is 2.98. The topological polar surface area (TPSA) is 29.4 Å². The lowest BCUT2D eigenvalue weighted by atomic mass is 10.2.